The number of carbonyl (C=O) groups excluding carboxylic acids is 1. The third-order valence-corrected chi connectivity index (χ3v) is 6.04. The Hall–Kier alpha value is -2.42. The van der Waals surface area contributed by atoms with Gasteiger partial charge in [0.25, 0.3) is 0 Å². The molecule has 0 saturated heterocycles. The predicted octanol–water partition coefficient (Wildman–Crippen LogP) is 3.40. The number of hydrogen-bond acceptors (Lipinski definition) is 3. The van der Waals surface area contributed by atoms with E-state index in [0.29, 0.717) is 10.6 Å². The van der Waals surface area contributed by atoms with Gasteiger partial charge in [-0.1, -0.05) is 30.3 Å². The van der Waals surface area contributed by atoms with Crippen LogP contribution in [0, 0.1) is 11.3 Å². The fourth-order valence-electron chi connectivity index (χ4n) is 3.80. The van der Waals surface area contributed by atoms with E-state index in [4.69, 9.17) is 0 Å². The molecule has 0 bridgehead atoms. The second kappa shape index (κ2) is 6.71. The maximum absolute atomic E-state index is 12.3. The molecule has 0 atom stereocenters. The minimum atomic E-state index is -0.218. The van der Waals surface area contributed by atoms with Gasteiger partial charge < -0.3 is 10.6 Å². The number of fused-ring (bicyclic) bond motifs is 1. The Morgan fingerprint density at radius 3 is 2.62 bits per heavy atom. The Morgan fingerprint density at radius 1 is 1.27 bits per heavy atom. The van der Waals surface area contributed by atoms with Gasteiger partial charge in [0.2, 0.25) is 5.91 Å². The molecule has 1 aromatic heterocycles. The Labute approximate surface area is 158 Å². The first-order valence-corrected chi connectivity index (χ1v) is 9.51. The summed E-state index contributed by atoms with van der Waals surface area (Å²) in [6, 6.07) is 12.0. The standard InChI is InChI=1S/C21H23N3OS/c1-20(2)12-15-16(13-22)19(26-18(15)21(3,4)24-20)23-17(25)11-10-14-8-6-5-7-9-14/h5-11,24H,12H2,1-4H3,(H,23,25)/p+1/b11-10+. The number of hydrogen-bond donors (Lipinski definition) is 2. The molecule has 3 rings (SSSR count). The molecule has 0 fully saturated rings. The van der Waals surface area contributed by atoms with Crippen molar-refractivity contribution in [3.8, 4) is 6.07 Å². The molecule has 134 valence electrons. The number of nitrogens with two attached hydrogens (primary N) is 1. The van der Waals surface area contributed by atoms with Crippen LogP contribution in [0.5, 0.6) is 0 Å². The number of benzene rings is 1. The first-order chi connectivity index (χ1) is 12.2. The van der Waals surface area contributed by atoms with E-state index < -0.39 is 0 Å². The predicted molar refractivity (Wildman–Crippen MR) is 106 cm³/mol. The van der Waals surface area contributed by atoms with Crippen molar-refractivity contribution in [2.75, 3.05) is 5.32 Å². The maximum atomic E-state index is 12.3. The second-order valence-electron chi connectivity index (χ2n) is 7.99. The van der Waals surface area contributed by atoms with Crippen molar-refractivity contribution in [1.82, 2.24) is 0 Å². The number of carbonyl (C=O) groups is 1. The summed E-state index contributed by atoms with van der Waals surface area (Å²) in [6.45, 7) is 8.73. The highest BCUT2D eigenvalue weighted by Crippen LogP contribution is 2.41. The van der Waals surface area contributed by atoms with E-state index in [1.54, 1.807) is 6.08 Å². The first-order valence-electron chi connectivity index (χ1n) is 8.69. The van der Waals surface area contributed by atoms with Crippen LogP contribution in [0.15, 0.2) is 36.4 Å². The molecule has 0 saturated carbocycles. The van der Waals surface area contributed by atoms with Crippen molar-refractivity contribution in [2.45, 2.75) is 45.2 Å². The number of nitrogens with one attached hydrogen (secondary N) is 1. The highest BCUT2D eigenvalue weighted by molar-refractivity contribution is 7.16. The van der Waals surface area contributed by atoms with E-state index in [1.165, 1.54) is 22.3 Å². The molecular weight excluding hydrogens is 342 g/mol. The van der Waals surface area contributed by atoms with Crippen LogP contribution in [0.2, 0.25) is 0 Å². The van der Waals surface area contributed by atoms with E-state index in [9.17, 15) is 10.1 Å². The summed E-state index contributed by atoms with van der Waals surface area (Å²) in [5.74, 6) is -0.218. The average molecular weight is 367 g/mol. The number of rotatable bonds is 3. The molecule has 0 unspecified atom stereocenters. The van der Waals surface area contributed by atoms with Gasteiger partial charge >= 0.3 is 0 Å². The first kappa shape index (κ1) is 18.4. The number of thiophene rings is 1. The summed E-state index contributed by atoms with van der Waals surface area (Å²) in [5, 5.41) is 15.6. The lowest BCUT2D eigenvalue weighted by molar-refractivity contribution is -0.789. The third kappa shape index (κ3) is 3.72. The van der Waals surface area contributed by atoms with E-state index in [1.807, 2.05) is 30.3 Å². The molecule has 1 aromatic carbocycles. The maximum Gasteiger partial charge on any atom is 0.249 e. The van der Waals surface area contributed by atoms with E-state index in [-0.39, 0.29) is 17.0 Å². The summed E-state index contributed by atoms with van der Waals surface area (Å²) in [6.07, 6.45) is 4.10. The minimum absolute atomic E-state index is 0.0255. The molecule has 0 spiro atoms. The number of amides is 1. The van der Waals surface area contributed by atoms with Gasteiger partial charge in [0, 0.05) is 12.5 Å². The zero-order valence-corrected chi connectivity index (χ0v) is 16.4. The molecule has 5 heteroatoms. The Kier molecular flexibility index (Phi) is 4.74. The molecule has 2 aromatic rings. The third-order valence-electron chi connectivity index (χ3n) is 4.55. The molecule has 4 nitrogen and oxygen atoms in total. The second-order valence-corrected chi connectivity index (χ2v) is 9.01. The van der Waals surface area contributed by atoms with Crippen molar-refractivity contribution in [2.24, 2.45) is 0 Å². The van der Waals surface area contributed by atoms with Gasteiger partial charge in [0.15, 0.2) is 0 Å². The van der Waals surface area contributed by atoms with Crippen LogP contribution >= 0.6 is 11.3 Å². The minimum Gasteiger partial charge on any atom is -0.333 e. The summed E-state index contributed by atoms with van der Waals surface area (Å²) >= 11 is 1.52. The molecule has 3 N–H and O–H groups in total. The van der Waals surface area contributed by atoms with Crippen molar-refractivity contribution >= 4 is 28.3 Å². The fourth-order valence-corrected chi connectivity index (χ4v) is 5.05. The van der Waals surface area contributed by atoms with Gasteiger partial charge in [-0.3, -0.25) is 4.79 Å². The summed E-state index contributed by atoms with van der Waals surface area (Å²) in [5.41, 5.74) is 2.57. The smallest absolute Gasteiger partial charge is 0.249 e. The van der Waals surface area contributed by atoms with Gasteiger partial charge in [-0.15, -0.1) is 11.3 Å². The summed E-state index contributed by atoms with van der Waals surface area (Å²) in [4.78, 5) is 13.5. The summed E-state index contributed by atoms with van der Waals surface area (Å²) < 4.78 is 0. The van der Waals surface area contributed by atoms with Crippen LogP contribution in [-0.2, 0) is 16.8 Å². The Bertz CT molecular complexity index is 901. The van der Waals surface area contributed by atoms with E-state index in [0.717, 1.165) is 17.5 Å². The molecular formula is C21H24N3OS+. The van der Waals surface area contributed by atoms with Crippen LogP contribution in [0.3, 0.4) is 0 Å². The van der Waals surface area contributed by atoms with Gasteiger partial charge in [0.05, 0.1) is 16.0 Å². The molecule has 0 aliphatic carbocycles. The van der Waals surface area contributed by atoms with Crippen molar-refractivity contribution in [3.63, 3.8) is 0 Å². The lowest BCUT2D eigenvalue weighted by Crippen LogP contribution is -3.03. The summed E-state index contributed by atoms with van der Waals surface area (Å²) in [7, 11) is 0. The largest absolute Gasteiger partial charge is 0.333 e. The van der Waals surface area contributed by atoms with Gasteiger partial charge in [-0.25, -0.2) is 0 Å². The fraction of sp³-hybridized carbons (Fsp3) is 0.333. The average Bonchev–Trinajstić information content (AvgIpc) is 2.90. The van der Waals surface area contributed by atoms with Crippen LogP contribution in [0.1, 0.15) is 49.3 Å². The normalized spacial score (nSPS) is 17.5. The SMILES string of the molecule is CC1(C)Cc2c(sc(NC(=O)/C=C/c3ccccc3)c2C#N)C(C)(C)[NH2+]1. The van der Waals surface area contributed by atoms with Crippen LogP contribution < -0.4 is 10.6 Å². The van der Waals surface area contributed by atoms with Crippen molar-refractivity contribution < 1.29 is 10.1 Å². The number of quaternary nitrogens is 1. The van der Waals surface area contributed by atoms with Crippen molar-refractivity contribution in [3.05, 3.63) is 58.0 Å². The zero-order valence-electron chi connectivity index (χ0n) is 15.6. The van der Waals surface area contributed by atoms with Crippen LogP contribution in [0.25, 0.3) is 6.08 Å². The van der Waals surface area contributed by atoms with Gasteiger partial charge in [0.1, 0.15) is 16.6 Å². The van der Waals surface area contributed by atoms with Gasteiger partial charge in [-0.05, 0) is 44.9 Å². The topological polar surface area (TPSA) is 69.5 Å². The highest BCUT2D eigenvalue weighted by Gasteiger charge is 2.44. The van der Waals surface area contributed by atoms with E-state index in [2.05, 4.69) is 44.4 Å². The Balaban J connectivity index is 1.88. The number of anilines is 1. The quantitative estimate of drug-likeness (QED) is 0.818. The number of nitrogens with zero attached hydrogens (tertiary/aromatic N) is 1. The molecule has 1 aliphatic heterocycles. The van der Waals surface area contributed by atoms with Crippen molar-refractivity contribution in [1.29, 1.82) is 5.26 Å². The Morgan fingerprint density at radius 2 is 1.96 bits per heavy atom. The van der Waals surface area contributed by atoms with E-state index >= 15 is 0 Å². The highest BCUT2D eigenvalue weighted by atomic mass is 32.1. The molecule has 1 aliphatic rings. The molecule has 1 amide bonds. The monoisotopic (exact) mass is 366 g/mol. The zero-order chi connectivity index (χ0) is 18.9. The van der Waals surface area contributed by atoms with Gasteiger partial charge in [-0.2, -0.15) is 5.26 Å². The molecule has 2 heterocycles. The lowest BCUT2D eigenvalue weighted by Gasteiger charge is -2.38. The van der Waals surface area contributed by atoms with Crippen LogP contribution in [-0.4, -0.2) is 11.4 Å². The lowest BCUT2D eigenvalue weighted by atomic mass is 9.81. The molecule has 26 heavy (non-hydrogen) atoms. The molecule has 0 radical (unpaired) electrons. The van der Waals surface area contributed by atoms with Crippen LogP contribution in [0.4, 0.5) is 5.00 Å². The number of nitriles is 1.